The fourth-order valence-electron chi connectivity index (χ4n) is 4.36. The smallest absolute Gasteiger partial charge is 0.228 e. The van der Waals surface area contributed by atoms with E-state index in [0.29, 0.717) is 32.8 Å². The maximum atomic E-state index is 11.3. The predicted octanol–water partition coefficient (Wildman–Crippen LogP) is 4.12. The minimum absolute atomic E-state index is 0.111. The molecule has 9 heteroatoms. The summed E-state index contributed by atoms with van der Waals surface area (Å²) in [5.41, 5.74) is 4.64. The van der Waals surface area contributed by atoms with Crippen LogP contribution in [-0.2, 0) is 20.9 Å². The number of nitrogens with one attached hydrogen (secondary N) is 1. The molecule has 0 bridgehead atoms. The van der Waals surface area contributed by atoms with Gasteiger partial charge in [0, 0.05) is 44.8 Å². The molecule has 1 N–H and O–H groups in total. The first-order valence-electron chi connectivity index (χ1n) is 13.0. The Kier molecular flexibility index (Phi) is 9.24. The monoisotopic (exact) mass is 494 g/mol. The molecule has 9 nitrogen and oxygen atoms in total. The summed E-state index contributed by atoms with van der Waals surface area (Å²) in [6.07, 6.45) is 6.49. The summed E-state index contributed by atoms with van der Waals surface area (Å²) in [5, 5.41) is 2.66. The van der Waals surface area contributed by atoms with E-state index in [2.05, 4.69) is 52.9 Å². The van der Waals surface area contributed by atoms with Crippen molar-refractivity contribution in [1.82, 2.24) is 24.8 Å². The minimum atomic E-state index is 0.111. The molecule has 2 aromatic heterocycles. The van der Waals surface area contributed by atoms with Crippen molar-refractivity contribution in [1.29, 1.82) is 0 Å². The van der Waals surface area contributed by atoms with Crippen molar-refractivity contribution < 1.29 is 14.3 Å². The summed E-state index contributed by atoms with van der Waals surface area (Å²) in [6.45, 7) is 8.45. The number of carbonyl (C=O) groups excluding carboxylic acids is 1. The number of ether oxygens (including phenoxy) is 2. The molecule has 1 saturated heterocycles. The van der Waals surface area contributed by atoms with Crippen molar-refractivity contribution in [2.75, 3.05) is 44.9 Å². The first-order chi connectivity index (χ1) is 17.6. The van der Waals surface area contributed by atoms with E-state index in [1.165, 1.54) is 0 Å². The lowest BCUT2D eigenvalue weighted by atomic mass is 10.1. The number of unbranched alkanes of at least 4 members (excludes halogenated alkanes) is 3. The van der Waals surface area contributed by atoms with Gasteiger partial charge in [0.15, 0.2) is 5.65 Å². The second-order valence-electron chi connectivity index (χ2n) is 9.48. The third-order valence-electron chi connectivity index (χ3n) is 6.45. The molecule has 1 fully saturated rings. The zero-order valence-electron chi connectivity index (χ0n) is 21.7. The van der Waals surface area contributed by atoms with Crippen LogP contribution in [0.15, 0.2) is 30.6 Å². The van der Waals surface area contributed by atoms with Crippen LogP contribution in [0.3, 0.4) is 0 Å². The van der Waals surface area contributed by atoms with Gasteiger partial charge in [-0.3, -0.25) is 4.79 Å². The molecule has 0 unspecified atom stereocenters. The van der Waals surface area contributed by atoms with E-state index in [-0.39, 0.29) is 11.9 Å². The minimum Gasteiger partial charge on any atom is -0.378 e. The molecule has 4 rings (SSSR count). The van der Waals surface area contributed by atoms with Crippen LogP contribution in [0.25, 0.3) is 22.4 Å². The van der Waals surface area contributed by atoms with E-state index in [1.807, 2.05) is 6.33 Å². The number of aromatic nitrogens is 4. The zero-order chi connectivity index (χ0) is 25.3. The van der Waals surface area contributed by atoms with Crippen molar-refractivity contribution in [3.05, 3.63) is 36.2 Å². The highest BCUT2D eigenvalue weighted by molar-refractivity contribution is 5.88. The number of anilines is 1. The Labute approximate surface area is 213 Å². The summed E-state index contributed by atoms with van der Waals surface area (Å²) in [7, 11) is 1.68. The second-order valence-corrected chi connectivity index (χ2v) is 9.48. The first-order valence-corrected chi connectivity index (χ1v) is 13.0. The number of imidazole rings is 1. The Bertz CT molecular complexity index is 1140. The third-order valence-corrected chi connectivity index (χ3v) is 6.45. The average molecular weight is 495 g/mol. The molecule has 0 spiro atoms. The number of fused-ring (bicyclic) bond motifs is 1. The van der Waals surface area contributed by atoms with Gasteiger partial charge in [-0.1, -0.05) is 31.0 Å². The van der Waals surface area contributed by atoms with Gasteiger partial charge in [0.2, 0.25) is 11.9 Å². The van der Waals surface area contributed by atoms with Crippen LogP contribution in [-0.4, -0.2) is 65.4 Å². The summed E-state index contributed by atoms with van der Waals surface area (Å²) < 4.78 is 13.6. The van der Waals surface area contributed by atoms with Crippen LogP contribution in [0.1, 0.15) is 57.6 Å². The largest absolute Gasteiger partial charge is 0.378 e. The lowest BCUT2D eigenvalue weighted by molar-refractivity contribution is -0.120. The highest BCUT2D eigenvalue weighted by Gasteiger charge is 2.21. The molecule has 1 aliphatic heterocycles. The second kappa shape index (κ2) is 12.8. The molecule has 1 amide bonds. The molecule has 0 radical (unpaired) electrons. The Morgan fingerprint density at radius 3 is 2.72 bits per heavy atom. The van der Waals surface area contributed by atoms with E-state index in [0.717, 1.165) is 72.7 Å². The van der Waals surface area contributed by atoms with Crippen LogP contribution in [0.5, 0.6) is 0 Å². The van der Waals surface area contributed by atoms with Crippen molar-refractivity contribution in [3.8, 4) is 11.3 Å². The molecule has 194 valence electrons. The number of amides is 1. The number of rotatable bonds is 12. The Morgan fingerprint density at radius 2 is 1.94 bits per heavy atom. The number of nitrogens with zero attached hydrogens (tertiary/aromatic N) is 5. The molecular formula is C27H38N6O3. The van der Waals surface area contributed by atoms with E-state index in [9.17, 15) is 4.79 Å². The maximum absolute atomic E-state index is 11.3. The highest BCUT2D eigenvalue weighted by atomic mass is 16.5. The van der Waals surface area contributed by atoms with Gasteiger partial charge in [0.25, 0.3) is 0 Å². The van der Waals surface area contributed by atoms with Crippen LogP contribution in [0, 0.1) is 0 Å². The topological polar surface area (TPSA) is 94.4 Å². The summed E-state index contributed by atoms with van der Waals surface area (Å²) in [6, 6.07) is 8.60. The molecule has 0 saturated carbocycles. The van der Waals surface area contributed by atoms with Crippen LogP contribution in [0.2, 0.25) is 0 Å². The van der Waals surface area contributed by atoms with Crippen molar-refractivity contribution in [2.24, 2.45) is 0 Å². The molecule has 1 aliphatic rings. The van der Waals surface area contributed by atoms with Crippen molar-refractivity contribution in [2.45, 2.75) is 58.6 Å². The summed E-state index contributed by atoms with van der Waals surface area (Å²) in [5.74, 6) is 0.835. The summed E-state index contributed by atoms with van der Waals surface area (Å²) >= 11 is 0. The van der Waals surface area contributed by atoms with Gasteiger partial charge in [0.1, 0.15) is 11.2 Å². The molecule has 0 aliphatic carbocycles. The fraction of sp³-hybridized carbons (Fsp3) is 0.556. The van der Waals surface area contributed by atoms with E-state index >= 15 is 0 Å². The standard InChI is InChI=1S/C27H38N6O3/c1-20(2)33-19-29-25-24(30-27(31-26(25)33)32-12-15-35-16-13-32)22-10-8-9-21(17-22)18-36-14-7-5-4-6-11-23(34)28-3/h8-10,17,19-20H,4-7,11-16,18H2,1-3H3,(H,28,34). The van der Waals surface area contributed by atoms with Gasteiger partial charge < -0.3 is 24.3 Å². The zero-order valence-corrected chi connectivity index (χ0v) is 21.7. The number of hydrogen-bond donors (Lipinski definition) is 1. The van der Waals surface area contributed by atoms with Crippen LogP contribution >= 0.6 is 0 Å². The lowest BCUT2D eigenvalue weighted by Gasteiger charge is -2.27. The number of benzene rings is 1. The van der Waals surface area contributed by atoms with Gasteiger partial charge in [-0.15, -0.1) is 0 Å². The van der Waals surface area contributed by atoms with E-state index < -0.39 is 0 Å². The van der Waals surface area contributed by atoms with E-state index in [4.69, 9.17) is 24.4 Å². The fourth-order valence-corrected chi connectivity index (χ4v) is 4.36. The van der Waals surface area contributed by atoms with E-state index in [1.54, 1.807) is 7.05 Å². The Balaban J connectivity index is 1.44. The predicted molar refractivity (Wildman–Crippen MR) is 141 cm³/mol. The lowest BCUT2D eigenvalue weighted by Crippen LogP contribution is -2.37. The van der Waals surface area contributed by atoms with Gasteiger partial charge in [-0.2, -0.15) is 4.98 Å². The highest BCUT2D eigenvalue weighted by Crippen LogP contribution is 2.29. The van der Waals surface area contributed by atoms with Gasteiger partial charge >= 0.3 is 0 Å². The molecular weight excluding hydrogens is 456 g/mol. The normalized spacial score (nSPS) is 14.1. The van der Waals surface area contributed by atoms with Crippen LogP contribution < -0.4 is 10.2 Å². The third kappa shape index (κ3) is 6.59. The van der Waals surface area contributed by atoms with Crippen LogP contribution in [0.4, 0.5) is 5.95 Å². The molecule has 36 heavy (non-hydrogen) atoms. The SMILES string of the molecule is CNC(=O)CCCCCCOCc1cccc(-c2nc(N3CCOCC3)nc3c2ncn3C(C)C)c1. The molecule has 3 aromatic rings. The Hall–Kier alpha value is -3.04. The molecule has 3 heterocycles. The number of morpholine rings is 1. The quantitative estimate of drug-likeness (QED) is 0.379. The average Bonchev–Trinajstić information content (AvgIpc) is 3.34. The molecule has 0 atom stereocenters. The number of carbonyl (C=O) groups is 1. The first kappa shape index (κ1) is 26.0. The van der Waals surface area contributed by atoms with Crippen molar-refractivity contribution in [3.63, 3.8) is 0 Å². The summed E-state index contributed by atoms with van der Waals surface area (Å²) in [4.78, 5) is 28.1. The number of hydrogen-bond acceptors (Lipinski definition) is 7. The van der Waals surface area contributed by atoms with Gasteiger partial charge in [-0.05, 0) is 38.3 Å². The van der Waals surface area contributed by atoms with Gasteiger partial charge in [0.05, 0.1) is 26.1 Å². The maximum Gasteiger partial charge on any atom is 0.228 e. The van der Waals surface area contributed by atoms with Crippen molar-refractivity contribution >= 4 is 23.0 Å². The van der Waals surface area contributed by atoms with Gasteiger partial charge in [-0.25, -0.2) is 9.97 Å². The molecule has 1 aromatic carbocycles. The Morgan fingerprint density at radius 1 is 1.14 bits per heavy atom.